The molecule has 0 aromatic heterocycles. The number of nitrogens with zero attached hydrogens (tertiary/aromatic N) is 1. The standard InChI is InChI=1S/C89H171NO8/c1-6-8-10-12-14-16-18-20-22-24-26-28-30-32-34-36-38-40-42-43-44-45-46-48-50-52-54-56-58-60-62-64-66-68-70-72-74-76-78-80-87(92)98-85(84-97-89(88(93)94)95-82-81-90(3,4)5)83-96-86(91)79-77-75-73-71-69-67-65-63-61-59-57-55-53-51-49-47-41-39-37-35-33-31-29-27-25-23-21-19-17-15-13-11-9-7-2/h18,20,24,26,85,89H,6-17,19,21-23,25,27-84H2,1-5H3/p+1/b20-18-,26-24-. The highest BCUT2D eigenvalue weighted by Crippen LogP contribution is 2.21. The average Bonchev–Trinajstić information content (AvgIpc) is 1.38. The van der Waals surface area contributed by atoms with Crippen molar-refractivity contribution in [1.82, 2.24) is 0 Å². The van der Waals surface area contributed by atoms with E-state index in [1.165, 1.54) is 398 Å². The summed E-state index contributed by atoms with van der Waals surface area (Å²) in [6, 6.07) is 0. The topological polar surface area (TPSA) is 108 Å². The lowest BCUT2D eigenvalue weighted by Crippen LogP contribution is -2.40. The van der Waals surface area contributed by atoms with E-state index in [1.54, 1.807) is 0 Å². The monoisotopic (exact) mass is 1380 g/mol. The number of likely N-dealkylation sites (N-methyl/N-ethyl adjacent to an activating group) is 1. The molecular weight excluding hydrogens is 1210 g/mol. The lowest BCUT2D eigenvalue weighted by molar-refractivity contribution is -0.870. The summed E-state index contributed by atoms with van der Waals surface area (Å²) in [6.45, 7) is 4.97. The van der Waals surface area contributed by atoms with Gasteiger partial charge in [-0.15, -0.1) is 0 Å². The fourth-order valence-corrected chi connectivity index (χ4v) is 13.8. The van der Waals surface area contributed by atoms with Crippen LogP contribution in [-0.2, 0) is 33.3 Å². The summed E-state index contributed by atoms with van der Waals surface area (Å²) in [5, 5.41) is 9.79. The molecule has 0 saturated heterocycles. The minimum atomic E-state index is -1.51. The van der Waals surface area contributed by atoms with Gasteiger partial charge in [-0.1, -0.05) is 436 Å². The van der Waals surface area contributed by atoms with Crippen molar-refractivity contribution in [1.29, 1.82) is 0 Å². The van der Waals surface area contributed by atoms with Crippen molar-refractivity contribution >= 4 is 17.9 Å². The van der Waals surface area contributed by atoms with Gasteiger partial charge in [-0.3, -0.25) is 9.59 Å². The van der Waals surface area contributed by atoms with Gasteiger partial charge in [0.25, 0.3) is 6.29 Å². The molecule has 0 aliphatic carbocycles. The smallest absolute Gasteiger partial charge is 0.361 e. The van der Waals surface area contributed by atoms with E-state index in [4.69, 9.17) is 18.9 Å². The molecule has 1 N–H and O–H groups in total. The highest BCUT2D eigenvalue weighted by atomic mass is 16.7. The number of rotatable bonds is 84. The zero-order valence-corrected chi connectivity index (χ0v) is 66.7. The Morgan fingerprint density at radius 1 is 0.306 bits per heavy atom. The Hall–Kier alpha value is -2.23. The number of carbonyl (C=O) groups is 3. The Morgan fingerprint density at radius 3 is 0.806 bits per heavy atom. The molecule has 580 valence electrons. The molecule has 0 fully saturated rings. The normalized spacial score (nSPS) is 12.6. The Labute approximate surface area is 611 Å². The maximum atomic E-state index is 13.0. The summed E-state index contributed by atoms with van der Waals surface area (Å²) in [5.41, 5.74) is 0. The van der Waals surface area contributed by atoms with Crippen LogP contribution in [-0.4, -0.2) is 87.4 Å². The van der Waals surface area contributed by atoms with Crippen LogP contribution in [0, 0.1) is 0 Å². The van der Waals surface area contributed by atoms with Crippen molar-refractivity contribution < 1.29 is 42.9 Å². The van der Waals surface area contributed by atoms with E-state index in [0.717, 1.165) is 44.9 Å². The molecule has 9 nitrogen and oxygen atoms in total. The molecule has 0 saturated carbocycles. The number of hydrogen-bond donors (Lipinski definition) is 1. The average molecular weight is 1380 g/mol. The predicted molar refractivity (Wildman–Crippen MR) is 425 cm³/mol. The van der Waals surface area contributed by atoms with Gasteiger partial charge < -0.3 is 28.5 Å². The van der Waals surface area contributed by atoms with Crippen molar-refractivity contribution in [3.63, 3.8) is 0 Å². The predicted octanol–water partition coefficient (Wildman–Crippen LogP) is 28.4. The number of carboxylic acid groups (broad SMARTS) is 1. The third kappa shape index (κ3) is 81.1. The lowest BCUT2D eigenvalue weighted by Gasteiger charge is -2.25. The van der Waals surface area contributed by atoms with Crippen LogP contribution in [0.2, 0.25) is 0 Å². The van der Waals surface area contributed by atoms with Crippen molar-refractivity contribution in [2.24, 2.45) is 0 Å². The van der Waals surface area contributed by atoms with Crippen molar-refractivity contribution in [2.45, 2.75) is 482 Å². The molecule has 0 spiro atoms. The van der Waals surface area contributed by atoms with E-state index in [2.05, 4.69) is 38.2 Å². The lowest BCUT2D eigenvalue weighted by atomic mass is 10.0. The summed E-state index contributed by atoms with van der Waals surface area (Å²) in [4.78, 5) is 37.8. The second-order valence-electron chi connectivity index (χ2n) is 31.6. The Balaban J connectivity index is 3.90. The first kappa shape index (κ1) is 95.8. The maximum Gasteiger partial charge on any atom is 0.361 e. The van der Waals surface area contributed by atoms with E-state index < -0.39 is 18.4 Å². The Morgan fingerprint density at radius 2 is 0.551 bits per heavy atom. The van der Waals surface area contributed by atoms with Gasteiger partial charge in [-0.2, -0.15) is 0 Å². The van der Waals surface area contributed by atoms with Crippen molar-refractivity contribution in [2.75, 3.05) is 47.5 Å². The first-order valence-corrected chi connectivity index (χ1v) is 44.0. The molecule has 0 aliphatic rings. The van der Waals surface area contributed by atoms with Gasteiger partial charge >= 0.3 is 17.9 Å². The molecule has 98 heavy (non-hydrogen) atoms. The van der Waals surface area contributed by atoms with Crippen LogP contribution in [0.5, 0.6) is 0 Å². The number of hydrogen-bond acceptors (Lipinski definition) is 7. The summed E-state index contributed by atoms with van der Waals surface area (Å²) in [5.74, 6) is -1.96. The quantitative estimate of drug-likeness (QED) is 0.0211. The largest absolute Gasteiger partial charge is 0.477 e. The summed E-state index contributed by atoms with van der Waals surface area (Å²) >= 11 is 0. The minimum absolute atomic E-state index is 0.173. The van der Waals surface area contributed by atoms with Gasteiger partial charge in [0.1, 0.15) is 13.2 Å². The SMILES string of the molecule is CCCCCCC/C=C\C/C=C\CCCCCCCCCCCCCCCCCCCCCCCCCCCCCC(=O)OC(COC(=O)CCCCCCCCCCCCCCCCCCCCCCCCCCCCCCCCCCCC)COC(OCC[N+](C)(C)C)C(=O)O. The minimum Gasteiger partial charge on any atom is -0.477 e. The molecule has 0 heterocycles. The Kier molecular flexibility index (Phi) is 78.6. The van der Waals surface area contributed by atoms with Crippen LogP contribution in [0.25, 0.3) is 0 Å². The second-order valence-corrected chi connectivity index (χ2v) is 31.6. The van der Waals surface area contributed by atoms with E-state index in [1.807, 2.05) is 21.1 Å². The molecular formula is C89H172NO8+. The number of ether oxygens (including phenoxy) is 4. The summed E-state index contributed by atoms with van der Waals surface area (Å²) < 4.78 is 23.1. The van der Waals surface area contributed by atoms with Gasteiger partial charge in [-0.05, 0) is 44.9 Å². The van der Waals surface area contributed by atoms with Crippen molar-refractivity contribution in [3.05, 3.63) is 24.3 Å². The number of carbonyl (C=O) groups excluding carboxylic acids is 2. The number of unbranched alkanes of at least 4 members (excludes halogenated alkanes) is 65. The van der Waals surface area contributed by atoms with Gasteiger partial charge in [0.15, 0.2) is 6.10 Å². The van der Waals surface area contributed by atoms with Crippen LogP contribution in [0.4, 0.5) is 0 Å². The highest BCUT2D eigenvalue weighted by molar-refractivity contribution is 5.71. The zero-order chi connectivity index (χ0) is 71.1. The number of carboxylic acids is 1. The van der Waals surface area contributed by atoms with E-state index in [-0.39, 0.29) is 38.2 Å². The van der Waals surface area contributed by atoms with E-state index in [0.29, 0.717) is 17.4 Å². The second kappa shape index (κ2) is 80.5. The molecule has 0 bridgehead atoms. The number of aliphatic carboxylic acids is 1. The summed E-state index contributed by atoms with van der Waals surface area (Å²) in [7, 11) is 6.01. The van der Waals surface area contributed by atoms with Gasteiger partial charge in [0, 0.05) is 12.8 Å². The van der Waals surface area contributed by atoms with Crippen molar-refractivity contribution in [3.8, 4) is 0 Å². The third-order valence-electron chi connectivity index (χ3n) is 20.5. The molecule has 2 atom stereocenters. The van der Waals surface area contributed by atoms with Gasteiger partial charge in [0.2, 0.25) is 0 Å². The fraction of sp³-hybridized carbons (Fsp3) is 0.921. The number of quaternary nitrogens is 1. The molecule has 0 rings (SSSR count). The first-order valence-electron chi connectivity index (χ1n) is 44.0. The number of allylic oxidation sites excluding steroid dienone is 4. The zero-order valence-electron chi connectivity index (χ0n) is 66.7. The molecule has 0 aromatic rings. The van der Waals surface area contributed by atoms with E-state index >= 15 is 0 Å². The van der Waals surface area contributed by atoms with Crippen LogP contribution >= 0.6 is 0 Å². The van der Waals surface area contributed by atoms with E-state index in [9.17, 15) is 19.5 Å². The van der Waals surface area contributed by atoms with Gasteiger partial charge in [-0.25, -0.2) is 4.79 Å². The maximum absolute atomic E-state index is 13.0. The molecule has 9 heteroatoms. The van der Waals surface area contributed by atoms with Crippen LogP contribution in [0.1, 0.15) is 470 Å². The Bertz CT molecular complexity index is 1660. The highest BCUT2D eigenvalue weighted by Gasteiger charge is 2.25. The van der Waals surface area contributed by atoms with Gasteiger partial charge in [0.05, 0.1) is 34.4 Å². The molecule has 2 unspecified atom stereocenters. The first-order chi connectivity index (χ1) is 48.1. The summed E-state index contributed by atoms with van der Waals surface area (Å²) in [6.07, 6.45) is 101. The van der Waals surface area contributed by atoms with Crippen LogP contribution < -0.4 is 0 Å². The molecule has 0 amide bonds. The molecule has 0 radical (unpaired) electrons. The van der Waals surface area contributed by atoms with Crippen LogP contribution in [0.3, 0.4) is 0 Å². The molecule has 0 aliphatic heterocycles. The molecule has 0 aromatic carbocycles. The fourth-order valence-electron chi connectivity index (χ4n) is 13.8. The van der Waals surface area contributed by atoms with Crippen LogP contribution in [0.15, 0.2) is 24.3 Å². The number of esters is 2. The third-order valence-corrected chi connectivity index (χ3v) is 20.5.